The minimum absolute atomic E-state index is 0.0447. The van der Waals surface area contributed by atoms with Crippen LogP contribution in [0.2, 0.25) is 0 Å². The van der Waals surface area contributed by atoms with Crippen LogP contribution >= 0.6 is 11.3 Å². The average molecular weight is 490 g/mol. The Morgan fingerprint density at radius 2 is 2.18 bits per heavy atom. The van der Waals surface area contributed by atoms with Crippen molar-refractivity contribution >= 4 is 33.4 Å². The zero-order valence-electron chi connectivity index (χ0n) is 18.2. The minimum atomic E-state index is -1.07. The summed E-state index contributed by atoms with van der Waals surface area (Å²) in [5.41, 5.74) is 1.05. The Morgan fingerprint density at radius 1 is 1.32 bits per heavy atom. The van der Waals surface area contributed by atoms with Gasteiger partial charge in [-0.05, 0) is 23.1 Å². The molecule has 0 radical (unpaired) electrons. The number of amides is 1. The van der Waals surface area contributed by atoms with Gasteiger partial charge in [0, 0.05) is 12.1 Å². The smallest absolute Gasteiger partial charge is 0.335 e. The zero-order valence-corrected chi connectivity index (χ0v) is 19.1. The highest BCUT2D eigenvalue weighted by Crippen LogP contribution is 2.22. The van der Waals surface area contributed by atoms with Gasteiger partial charge in [-0.3, -0.25) is 9.59 Å². The molecular formula is C22H23N3O8S. The molecule has 180 valence electrons. The molecule has 1 aliphatic heterocycles. The molecule has 1 saturated heterocycles. The number of carboxylic acid groups (broad SMARTS) is 1. The second kappa shape index (κ2) is 10.7. The molecule has 0 saturated carbocycles. The monoisotopic (exact) mass is 489 g/mol. The lowest BCUT2D eigenvalue weighted by Gasteiger charge is -2.27. The van der Waals surface area contributed by atoms with E-state index in [1.807, 2.05) is 12.1 Å². The molecule has 1 amide bonds. The van der Waals surface area contributed by atoms with E-state index in [1.54, 1.807) is 24.6 Å². The quantitative estimate of drug-likeness (QED) is 0.404. The molecule has 2 atom stereocenters. The van der Waals surface area contributed by atoms with Crippen LogP contribution in [0.3, 0.4) is 0 Å². The first-order chi connectivity index (χ1) is 16.4. The number of carbonyl (C=O) groups excluding carboxylic acids is 1. The Kier molecular flexibility index (Phi) is 7.53. The van der Waals surface area contributed by atoms with Crippen LogP contribution in [0.5, 0.6) is 5.75 Å². The molecule has 3 aromatic rings. The second-order valence-electron chi connectivity index (χ2n) is 7.52. The van der Waals surface area contributed by atoms with Gasteiger partial charge in [0.25, 0.3) is 11.5 Å². The van der Waals surface area contributed by atoms with Crippen LogP contribution in [-0.2, 0) is 32.2 Å². The highest BCUT2D eigenvalue weighted by molar-refractivity contribution is 7.16. The first-order valence-corrected chi connectivity index (χ1v) is 11.3. The number of aromatic nitrogens is 2. The van der Waals surface area contributed by atoms with Crippen LogP contribution in [0.15, 0.2) is 34.4 Å². The number of fused-ring (bicyclic) bond motifs is 1. The van der Waals surface area contributed by atoms with E-state index in [1.165, 1.54) is 11.3 Å². The lowest BCUT2D eigenvalue weighted by molar-refractivity contribution is -0.181. The fourth-order valence-corrected chi connectivity index (χ4v) is 4.28. The number of hydrogen-bond donors (Lipinski definition) is 3. The zero-order chi connectivity index (χ0) is 24.1. The maximum absolute atomic E-state index is 12.7. The van der Waals surface area contributed by atoms with Crippen molar-refractivity contribution in [2.24, 2.45) is 0 Å². The van der Waals surface area contributed by atoms with E-state index in [9.17, 15) is 14.4 Å². The van der Waals surface area contributed by atoms with Crippen LogP contribution in [0, 0.1) is 0 Å². The third kappa shape index (κ3) is 5.59. The number of carbonyl (C=O) groups is 2. The number of methoxy groups -OCH3 is 1. The Labute approximate surface area is 197 Å². The van der Waals surface area contributed by atoms with Crippen molar-refractivity contribution < 1.29 is 33.6 Å². The topological polar surface area (TPSA) is 149 Å². The molecule has 1 aromatic carbocycles. The van der Waals surface area contributed by atoms with Crippen LogP contribution in [0.1, 0.15) is 21.7 Å². The van der Waals surface area contributed by atoms with E-state index >= 15 is 0 Å². The summed E-state index contributed by atoms with van der Waals surface area (Å²) in [4.78, 5) is 43.3. The third-order valence-corrected chi connectivity index (χ3v) is 6.05. The molecule has 1 fully saturated rings. The van der Waals surface area contributed by atoms with E-state index < -0.39 is 29.6 Å². The molecule has 1 aliphatic rings. The molecule has 2 aromatic heterocycles. The number of nitrogens with zero attached hydrogens (tertiary/aromatic N) is 1. The number of rotatable bonds is 9. The first kappa shape index (κ1) is 23.8. The summed E-state index contributed by atoms with van der Waals surface area (Å²) in [6.07, 6.45) is -1.36. The summed E-state index contributed by atoms with van der Waals surface area (Å²) in [6, 6.07) is 7.28. The summed E-state index contributed by atoms with van der Waals surface area (Å²) in [7, 11) is 1.57. The summed E-state index contributed by atoms with van der Waals surface area (Å²) in [6.45, 7) is 0.629. The van der Waals surface area contributed by atoms with Gasteiger partial charge in [0.15, 0.2) is 6.10 Å². The van der Waals surface area contributed by atoms with Crippen molar-refractivity contribution in [2.75, 3.05) is 26.9 Å². The number of nitrogens with one attached hydrogen (secondary N) is 2. The van der Waals surface area contributed by atoms with Gasteiger partial charge in [-0.15, -0.1) is 11.3 Å². The van der Waals surface area contributed by atoms with Gasteiger partial charge in [-0.2, -0.15) is 0 Å². The minimum Gasteiger partial charge on any atom is -0.497 e. The van der Waals surface area contributed by atoms with Crippen molar-refractivity contribution in [2.45, 2.75) is 25.4 Å². The molecule has 3 heterocycles. The molecule has 12 heteroatoms. The number of aliphatic carboxylic acids is 1. The molecule has 11 nitrogen and oxygen atoms in total. The van der Waals surface area contributed by atoms with Crippen LogP contribution < -0.4 is 15.6 Å². The number of ether oxygens (including phenoxy) is 4. The van der Waals surface area contributed by atoms with Gasteiger partial charge in [0.05, 0.1) is 38.9 Å². The number of hydrogen-bond acceptors (Lipinski definition) is 9. The van der Waals surface area contributed by atoms with Crippen molar-refractivity contribution in [3.05, 3.63) is 57.0 Å². The van der Waals surface area contributed by atoms with Crippen molar-refractivity contribution in [3.8, 4) is 5.75 Å². The van der Waals surface area contributed by atoms with E-state index in [0.29, 0.717) is 21.5 Å². The molecular weight excluding hydrogens is 466 g/mol. The van der Waals surface area contributed by atoms with E-state index in [0.717, 1.165) is 5.56 Å². The molecule has 3 N–H and O–H groups in total. The summed E-state index contributed by atoms with van der Waals surface area (Å²) >= 11 is 1.24. The number of thiophene rings is 1. The number of carboxylic acids is 1. The maximum Gasteiger partial charge on any atom is 0.335 e. The molecule has 0 unspecified atom stereocenters. The van der Waals surface area contributed by atoms with Crippen LogP contribution in [0.25, 0.3) is 10.2 Å². The fraction of sp³-hybridized carbons (Fsp3) is 0.364. The number of H-pyrrole nitrogens is 1. The molecule has 34 heavy (non-hydrogen) atoms. The van der Waals surface area contributed by atoms with Gasteiger partial charge >= 0.3 is 5.97 Å². The van der Waals surface area contributed by atoms with Crippen LogP contribution in [-0.4, -0.2) is 66.1 Å². The normalized spacial score (nSPS) is 18.0. The highest BCUT2D eigenvalue weighted by atomic mass is 32.1. The largest absolute Gasteiger partial charge is 0.497 e. The average Bonchev–Trinajstić information content (AvgIpc) is 3.26. The SMILES string of the molecule is COc1cccc(CNC(=O)c2nc3scc(COC[C@H]4CO[C@H](C(=O)O)CO4)c3c(=O)[nH]2)c1. The fourth-order valence-electron chi connectivity index (χ4n) is 3.35. The first-order valence-electron chi connectivity index (χ1n) is 10.4. The van der Waals surface area contributed by atoms with Gasteiger partial charge in [0.1, 0.15) is 16.7 Å². The lowest BCUT2D eigenvalue weighted by Crippen LogP contribution is -2.42. The third-order valence-electron chi connectivity index (χ3n) is 5.13. The van der Waals surface area contributed by atoms with Crippen molar-refractivity contribution in [1.82, 2.24) is 15.3 Å². The molecule has 0 aliphatic carbocycles. The van der Waals surface area contributed by atoms with Gasteiger partial charge in [-0.1, -0.05) is 12.1 Å². The van der Waals surface area contributed by atoms with Gasteiger partial charge in [-0.25, -0.2) is 9.78 Å². The van der Waals surface area contributed by atoms with Crippen LogP contribution in [0.4, 0.5) is 0 Å². The Hall–Kier alpha value is -3.32. The summed E-state index contributed by atoms with van der Waals surface area (Å²) in [5.74, 6) is -0.957. The lowest BCUT2D eigenvalue weighted by atomic mass is 10.2. The van der Waals surface area contributed by atoms with E-state index in [-0.39, 0.29) is 38.8 Å². The van der Waals surface area contributed by atoms with Crippen molar-refractivity contribution in [1.29, 1.82) is 0 Å². The van der Waals surface area contributed by atoms with E-state index in [2.05, 4.69) is 15.3 Å². The van der Waals surface area contributed by atoms with E-state index in [4.69, 9.17) is 24.1 Å². The summed E-state index contributed by atoms with van der Waals surface area (Å²) in [5, 5.41) is 13.8. The second-order valence-corrected chi connectivity index (χ2v) is 8.38. The van der Waals surface area contributed by atoms with Gasteiger partial charge < -0.3 is 34.4 Å². The Balaban J connectivity index is 1.35. The Bertz CT molecular complexity index is 1230. The highest BCUT2D eigenvalue weighted by Gasteiger charge is 2.27. The maximum atomic E-state index is 12.7. The number of benzene rings is 1. The van der Waals surface area contributed by atoms with Crippen molar-refractivity contribution in [3.63, 3.8) is 0 Å². The van der Waals surface area contributed by atoms with Gasteiger partial charge in [0.2, 0.25) is 5.82 Å². The molecule has 0 spiro atoms. The summed E-state index contributed by atoms with van der Waals surface area (Å²) < 4.78 is 21.5. The predicted octanol–water partition coefficient (Wildman–Crippen LogP) is 1.31. The number of aromatic amines is 1. The molecule has 4 rings (SSSR count). The Morgan fingerprint density at radius 3 is 2.91 bits per heavy atom. The predicted molar refractivity (Wildman–Crippen MR) is 121 cm³/mol. The standard InChI is InChI=1S/C22H23N3O8S/c1-30-14-4-2-3-12(5-14)6-23-20(27)18-24-19(26)17-13(11-34-21(17)25-18)7-31-8-15-9-33-16(10-32-15)22(28)29/h2-5,11,15-16H,6-10H2,1H3,(H,23,27)(H,28,29)(H,24,25,26)/t15-,16-/m0/s1. The molecule has 0 bridgehead atoms.